The number of halogens is 2. The number of benzene rings is 2. The van der Waals surface area contributed by atoms with Crippen LogP contribution >= 0.6 is 0 Å². The highest BCUT2D eigenvalue weighted by atomic mass is 19.1. The third-order valence-corrected chi connectivity index (χ3v) is 10.9. The third-order valence-electron chi connectivity index (χ3n) is 10.9. The molecule has 1 N–H and O–H groups in total. The van der Waals surface area contributed by atoms with Crippen molar-refractivity contribution in [1.82, 2.24) is 34.7 Å². The molecule has 3 aromatic heterocycles. The molecular weight excluding hydrogens is 680 g/mol. The molecule has 7 heterocycles. The molecule has 0 bridgehead atoms. The number of hydrogen-bond donors (Lipinski definition) is 1. The molecule has 3 fully saturated rings. The first-order valence-corrected chi connectivity index (χ1v) is 18.1. The van der Waals surface area contributed by atoms with Crippen LogP contribution in [0.5, 0.6) is 0 Å². The quantitative estimate of drug-likeness (QED) is 0.243. The Morgan fingerprint density at radius 2 is 1.68 bits per heavy atom. The summed E-state index contributed by atoms with van der Waals surface area (Å²) in [7, 11) is 0. The van der Waals surface area contributed by atoms with E-state index in [0.717, 1.165) is 73.4 Å². The lowest BCUT2D eigenvalue weighted by Gasteiger charge is -2.35. The van der Waals surface area contributed by atoms with Crippen LogP contribution in [0.2, 0.25) is 0 Å². The number of piperazine rings is 1. The van der Waals surface area contributed by atoms with Crippen LogP contribution in [0, 0.1) is 11.6 Å². The predicted octanol–water partition coefficient (Wildman–Crippen LogP) is 4.49. The Morgan fingerprint density at radius 3 is 2.53 bits per heavy atom. The number of nitrogens with one attached hydrogen (secondary N) is 1. The van der Waals surface area contributed by atoms with E-state index in [2.05, 4.69) is 26.3 Å². The molecule has 5 aromatic rings. The zero-order valence-electron chi connectivity index (χ0n) is 28.9. The van der Waals surface area contributed by atoms with Crippen LogP contribution in [0.1, 0.15) is 58.8 Å². The van der Waals surface area contributed by atoms with Gasteiger partial charge in [0.05, 0.1) is 23.5 Å². The second-order valence-electron chi connectivity index (χ2n) is 14.2. The molecule has 9 rings (SSSR count). The minimum absolute atomic E-state index is 0.164. The summed E-state index contributed by atoms with van der Waals surface area (Å²) in [5, 5.41) is 6.89. The van der Waals surface area contributed by atoms with E-state index in [4.69, 9.17) is 9.97 Å². The van der Waals surface area contributed by atoms with Gasteiger partial charge in [-0.1, -0.05) is 18.2 Å². The topological polar surface area (TPSA) is 119 Å². The van der Waals surface area contributed by atoms with Gasteiger partial charge in [0.1, 0.15) is 29.3 Å². The molecule has 0 radical (unpaired) electrons. The van der Waals surface area contributed by atoms with Crippen molar-refractivity contribution in [1.29, 1.82) is 0 Å². The van der Waals surface area contributed by atoms with E-state index in [1.807, 2.05) is 47.5 Å². The lowest BCUT2D eigenvalue weighted by Crippen LogP contribution is -2.52. The lowest BCUT2D eigenvalue weighted by atomic mass is 10.0. The second kappa shape index (κ2) is 13.3. The fourth-order valence-corrected chi connectivity index (χ4v) is 8.20. The first-order chi connectivity index (χ1) is 25.8. The number of piperidine rings is 1. The molecule has 14 heteroatoms. The molecular formula is C39H37F2N9O3. The van der Waals surface area contributed by atoms with Gasteiger partial charge in [-0.2, -0.15) is 5.10 Å². The molecule has 3 saturated heterocycles. The smallest absolute Gasteiger partial charge is 0.255 e. The Kier molecular flexibility index (Phi) is 8.33. The SMILES string of the molecule is O=C1CCC(N2Cc3cc(CN4CCN(c5cccc(-c6cnn7ccc(N8CCCC8c8cc(F)ccc8F)nc67)n5)CC4)ccc3C2=O)C(=O)N1. The Bertz CT molecular complexity index is 2270. The summed E-state index contributed by atoms with van der Waals surface area (Å²) in [5.41, 5.74) is 5.15. The Morgan fingerprint density at radius 1 is 0.811 bits per heavy atom. The van der Waals surface area contributed by atoms with Gasteiger partial charge < -0.3 is 14.7 Å². The van der Waals surface area contributed by atoms with Gasteiger partial charge in [0, 0.05) is 69.6 Å². The summed E-state index contributed by atoms with van der Waals surface area (Å²) in [6.07, 6.45) is 5.73. The van der Waals surface area contributed by atoms with Crippen LogP contribution in [0.3, 0.4) is 0 Å². The standard InChI is InChI=1S/C39H37F2N9O3/c40-26-7-9-30(41)28(20-26)32-4-2-13-48(32)35-12-14-50-37(44-35)29(21-42-50)31-3-1-5-34(43-31)47-17-15-46(16-18-47)22-24-6-8-27-25(19-24)23-49(39(27)53)33-10-11-36(51)45-38(33)52/h1,3,5-9,12,14,19-21,32-33H,2,4,10-11,13,15-18,22-23H2,(H,45,51,52). The van der Waals surface area contributed by atoms with Crippen molar-refractivity contribution in [3.05, 3.63) is 107 Å². The van der Waals surface area contributed by atoms with Gasteiger partial charge >= 0.3 is 0 Å². The highest BCUT2D eigenvalue weighted by molar-refractivity contribution is 6.05. The number of pyridine rings is 1. The second-order valence-corrected chi connectivity index (χ2v) is 14.2. The average Bonchev–Trinajstić information content (AvgIpc) is 3.90. The maximum Gasteiger partial charge on any atom is 0.255 e. The lowest BCUT2D eigenvalue weighted by molar-refractivity contribution is -0.136. The van der Waals surface area contributed by atoms with Crippen molar-refractivity contribution in [2.24, 2.45) is 0 Å². The fraction of sp³-hybridized carbons (Fsp3) is 0.333. The molecule has 53 heavy (non-hydrogen) atoms. The number of anilines is 2. The van der Waals surface area contributed by atoms with Crippen LogP contribution in [0.15, 0.2) is 73.1 Å². The zero-order chi connectivity index (χ0) is 36.2. The van der Waals surface area contributed by atoms with Crippen molar-refractivity contribution in [3.8, 4) is 11.3 Å². The summed E-state index contributed by atoms with van der Waals surface area (Å²) in [5.74, 6) is -0.196. The van der Waals surface area contributed by atoms with E-state index >= 15 is 0 Å². The van der Waals surface area contributed by atoms with E-state index in [0.29, 0.717) is 48.5 Å². The van der Waals surface area contributed by atoms with E-state index < -0.39 is 23.6 Å². The first-order valence-electron chi connectivity index (χ1n) is 18.1. The summed E-state index contributed by atoms with van der Waals surface area (Å²) >= 11 is 0. The monoisotopic (exact) mass is 717 g/mol. The third kappa shape index (κ3) is 6.16. The van der Waals surface area contributed by atoms with Gasteiger partial charge in [0.25, 0.3) is 5.91 Å². The number of nitrogens with zero attached hydrogens (tertiary/aromatic N) is 8. The van der Waals surface area contributed by atoms with Crippen LogP contribution in [0.25, 0.3) is 16.9 Å². The van der Waals surface area contributed by atoms with E-state index in [-0.39, 0.29) is 24.3 Å². The molecule has 270 valence electrons. The largest absolute Gasteiger partial charge is 0.354 e. The van der Waals surface area contributed by atoms with E-state index in [9.17, 15) is 23.2 Å². The Balaban J connectivity index is 0.868. The number of amides is 3. The van der Waals surface area contributed by atoms with Crippen molar-refractivity contribution < 1.29 is 23.2 Å². The molecule has 2 aromatic carbocycles. The molecule has 2 unspecified atom stereocenters. The zero-order valence-corrected chi connectivity index (χ0v) is 28.9. The predicted molar refractivity (Wildman–Crippen MR) is 192 cm³/mol. The van der Waals surface area contributed by atoms with Crippen LogP contribution in [-0.4, -0.2) is 85.9 Å². The van der Waals surface area contributed by atoms with Gasteiger partial charge in [-0.3, -0.25) is 24.6 Å². The number of carbonyl (C=O) groups is 3. The maximum absolute atomic E-state index is 14.8. The number of carbonyl (C=O) groups excluding carboxylic acids is 3. The first kappa shape index (κ1) is 33.1. The van der Waals surface area contributed by atoms with Crippen LogP contribution in [-0.2, 0) is 22.7 Å². The molecule has 0 aliphatic carbocycles. The van der Waals surface area contributed by atoms with Gasteiger partial charge in [-0.25, -0.2) is 23.3 Å². The molecule has 2 atom stereocenters. The highest BCUT2D eigenvalue weighted by Gasteiger charge is 2.39. The normalized spacial score (nSPS) is 20.8. The minimum Gasteiger partial charge on any atom is -0.354 e. The molecule has 0 saturated carbocycles. The average molecular weight is 718 g/mol. The molecule has 4 aliphatic heterocycles. The number of rotatable bonds is 7. The molecule has 3 amide bonds. The summed E-state index contributed by atoms with van der Waals surface area (Å²) in [6.45, 7) is 5.01. The van der Waals surface area contributed by atoms with E-state index in [1.54, 1.807) is 15.6 Å². The van der Waals surface area contributed by atoms with Crippen molar-refractivity contribution >= 4 is 35.0 Å². The van der Waals surface area contributed by atoms with Crippen LogP contribution < -0.4 is 15.1 Å². The highest BCUT2D eigenvalue weighted by Crippen LogP contribution is 2.37. The van der Waals surface area contributed by atoms with E-state index in [1.165, 1.54) is 12.1 Å². The van der Waals surface area contributed by atoms with Gasteiger partial charge in [0.15, 0.2) is 5.65 Å². The van der Waals surface area contributed by atoms with Crippen molar-refractivity contribution in [2.75, 3.05) is 42.5 Å². The number of imide groups is 1. The molecule has 4 aliphatic rings. The fourth-order valence-electron chi connectivity index (χ4n) is 8.20. The van der Waals surface area contributed by atoms with Crippen molar-refractivity contribution in [2.45, 2.75) is 50.9 Å². The number of aromatic nitrogens is 4. The number of fused-ring (bicyclic) bond motifs is 2. The minimum atomic E-state index is -0.624. The molecule has 12 nitrogen and oxygen atoms in total. The Hall–Kier alpha value is -5.76. The summed E-state index contributed by atoms with van der Waals surface area (Å²) in [4.78, 5) is 55.4. The Labute approximate surface area is 304 Å². The summed E-state index contributed by atoms with van der Waals surface area (Å²) in [6, 6.07) is 16.4. The van der Waals surface area contributed by atoms with Gasteiger partial charge in [0.2, 0.25) is 11.8 Å². The van der Waals surface area contributed by atoms with Gasteiger partial charge in [-0.05, 0) is 72.9 Å². The van der Waals surface area contributed by atoms with Crippen LogP contribution in [0.4, 0.5) is 20.4 Å². The van der Waals surface area contributed by atoms with Gasteiger partial charge in [-0.15, -0.1) is 0 Å². The maximum atomic E-state index is 14.8. The summed E-state index contributed by atoms with van der Waals surface area (Å²) < 4.78 is 30.6. The van der Waals surface area contributed by atoms with Crippen molar-refractivity contribution in [3.63, 3.8) is 0 Å². The number of hydrogen-bond acceptors (Lipinski definition) is 9. The molecule has 0 spiro atoms.